The molecule has 1 aliphatic heterocycles. The number of aliphatic hydroxyl groups excluding tert-OH is 1. The van der Waals surface area contributed by atoms with Crippen molar-refractivity contribution in [2.45, 2.75) is 43.7 Å². The highest BCUT2D eigenvalue weighted by Crippen LogP contribution is 2.36. The number of likely N-dealkylation sites (tertiary alicyclic amines) is 1. The summed E-state index contributed by atoms with van der Waals surface area (Å²) in [7, 11) is 0. The number of rotatable bonds is 2. The smallest absolute Gasteiger partial charge is 0.119 e. The predicted molar refractivity (Wildman–Crippen MR) is 108 cm³/mol. The Bertz CT molecular complexity index is 741. The van der Waals surface area contributed by atoms with Gasteiger partial charge in [-0.2, -0.15) is 0 Å². The summed E-state index contributed by atoms with van der Waals surface area (Å²) in [6.45, 7) is 2.03. The highest BCUT2D eigenvalue weighted by molar-refractivity contribution is 14.1. The Morgan fingerprint density at radius 3 is 2.36 bits per heavy atom. The number of aromatic hydroxyl groups is 1. The van der Waals surface area contributed by atoms with E-state index in [1.165, 1.54) is 5.56 Å². The zero-order valence-electron chi connectivity index (χ0n) is 14.2. The first-order chi connectivity index (χ1) is 12.1. The lowest BCUT2D eigenvalue weighted by Gasteiger charge is -2.42. The summed E-state index contributed by atoms with van der Waals surface area (Å²) in [4.78, 5) is 2.44. The molecule has 1 heterocycles. The first kappa shape index (κ1) is 17.3. The molecule has 0 amide bonds. The second-order valence-electron chi connectivity index (χ2n) is 7.29. The number of phenolic OH excluding ortho intramolecular Hbond substituents is 1. The number of hydrogen-bond acceptors (Lipinski definition) is 3. The first-order valence-corrected chi connectivity index (χ1v) is 10.2. The Balaban J connectivity index is 1.47. The van der Waals surface area contributed by atoms with Gasteiger partial charge >= 0.3 is 0 Å². The third-order valence-corrected chi connectivity index (χ3v) is 6.90. The van der Waals surface area contributed by atoms with Crippen LogP contribution in [0.2, 0.25) is 0 Å². The number of halogens is 1. The topological polar surface area (TPSA) is 43.7 Å². The fourth-order valence-electron chi connectivity index (χ4n) is 4.45. The summed E-state index contributed by atoms with van der Waals surface area (Å²) in [6.07, 6.45) is 3.31. The van der Waals surface area contributed by atoms with Crippen LogP contribution in [-0.2, 0) is 12.8 Å². The summed E-state index contributed by atoms with van der Waals surface area (Å²) < 4.78 is 1.14. The van der Waals surface area contributed by atoms with Crippen molar-refractivity contribution in [3.8, 4) is 5.75 Å². The van der Waals surface area contributed by atoms with E-state index in [0.29, 0.717) is 18.1 Å². The molecule has 4 rings (SSSR count). The van der Waals surface area contributed by atoms with E-state index in [9.17, 15) is 10.2 Å². The van der Waals surface area contributed by atoms with Gasteiger partial charge in [0.25, 0.3) is 0 Å². The van der Waals surface area contributed by atoms with E-state index >= 15 is 0 Å². The van der Waals surface area contributed by atoms with Gasteiger partial charge in [0.05, 0.1) is 6.10 Å². The number of nitrogens with zero attached hydrogens (tertiary/aromatic N) is 1. The van der Waals surface area contributed by atoms with E-state index in [1.807, 2.05) is 6.07 Å². The number of phenols is 1. The normalized spacial score (nSPS) is 24.9. The van der Waals surface area contributed by atoms with Crippen LogP contribution < -0.4 is 0 Å². The minimum Gasteiger partial charge on any atom is -0.508 e. The van der Waals surface area contributed by atoms with Crippen LogP contribution in [0.1, 0.15) is 35.4 Å². The second kappa shape index (κ2) is 7.25. The molecule has 1 aliphatic carbocycles. The van der Waals surface area contributed by atoms with Gasteiger partial charge in [0, 0.05) is 16.0 Å². The van der Waals surface area contributed by atoms with Crippen molar-refractivity contribution in [3.05, 3.63) is 62.7 Å². The Labute approximate surface area is 162 Å². The number of fused-ring (bicyclic) bond motifs is 1. The molecule has 2 N–H and O–H groups in total. The summed E-state index contributed by atoms with van der Waals surface area (Å²) in [5, 5.41) is 21.0. The summed E-state index contributed by atoms with van der Waals surface area (Å²) in [5.41, 5.74) is 3.60. The minimum absolute atomic E-state index is 0.119. The fraction of sp³-hybridized carbons (Fsp3) is 0.429. The van der Waals surface area contributed by atoms with E-state index in [2.05, 4.69) is 57.8 Å². The molecule has 2 aliphatic rings. The van der Waals surface area contributed by atoms with E-state index in [-0.39, 0.29) is 12.1 Å². The molecule has 2 atom stereocenters. The van der Waals surface area contributed by atoms with Gasteiger partial charge in [-0.25, -0.2) is 0 Å². The van der Waals surface area contributed by atoms with E-state index in [0.717, 1.165) is 47.0 Å². The molecular weight excluding hydrogens is 425 g/mol. The van der Waals surface area contributed by atoms with Gasteiger partial charge in [0.2, 0.25) is 0 Å². The molecule has 1 saturated heterocycles. The molecule has 2 aromatic carbocycles. The molecule has 0 bridgehead atoms. The van der Waals surface area contributed by atoms with Crippen LogP contribution in [-0.4, -0.2) is 40.3 Å². The highest BCUT2D eigenvalue weighted by atomic mass is 127. The van der Waals surface area contributed by atoms with Crippen molar-refractivity contribution in [1.82, 2.24) is 4.90 Å². The standard InChI is InChI=1S/C21H24INO2/c22-18-6-7-20(24)17-12-19(21(25)13-16(17)18)23-10-8-15(9-11-23)14-4-2-1-3-5-14/h1-7,15,19,21,24-25H,8-13H2. The molecule has 2 aromatic rings. The zero-order valence-corrected chi connectivity index (χ0v) is 16.4. The largest absolute Gasteiger partial charge is 0.508 e. The Hall–Kier alpha value is -1.11. The van der Waals surface area contributed by atoms with E-state index in [1.54, 1.807) is 6.07 Å². The van der Waals surface area contributed by atoms with E-state index < -0.39 is 0 Å². The average Bonchev–Trinajstić information content (AvgIpc) is 2.65. The second-order valence-corrected chi connectivity index (χ2v) is 8.45. The monoisotopic (exact) mass is 449 g/mol. The third kappa shape index (κ3) is 3.44. The first-order valence-electron chi connectivity index (χ1n) is 9.09. The van der Waals surface area contributed by atoms with Crippen LogP contribution in [0.4, 0.5) is 0 Å². The van der Waals surface area contributed by atoms with Crippen LogP contribution >= 0.6 is 22.6 Å². The number of aliphatic hydroxyl groups is 1. The Morgan fingerprint density at radius 1 is 0.920 bits per heavy atom. The van der Waals surface area contributed by atoms with Crippen LogP contribution in [0.15, 0.2) is 42.5 Å². The van der Waals surface area contributed by atoms with Gasteiger partial charge in [-0.15, -0.1) is 0 Å². The van der Waals surface area contributed by atoms with Crippen LogP contribution in [0.5, 0.6) is 5.75 Å². The molecular formula is C21H24INO2. The number of benzene rings is 2. The van der Waals surface area contributed by atoms with Crippen molar-refractivity contribution in [3.63, 3.8) is 0 Å². The highest BCUT2D eigenvalue weighted by Gasteiger charge is 2.35. The molecule has 25 heavy (non-hydrogen) atoms. The maximum Gasteiger partial charge on any atom is 0.119 e. The molecule has 132 valence electrons. The van der Waals surface area contributed by atoms with Crippen LogP contribution in [0, 0.1) is 3.57 Å². The lowest BCUT2D eigenvalue weighted by atomic mass is 9.82. The Kier molecular flexibility index (Phi) is 5.02. The van der Waals surface area contributed by atoms with Crippen molar-refractivity contribution in [2.24, 2.45) is 0 Å². The summed E-state index contributed by atoms with van der Waals surface area (Å²) in [6, 6.07) is 14.6. The van der Waals surface area contributed by atoms with Crippen molar-refractivity contribution in [2.75, 3.05) is 13.1 Å². The molecule has 0 radical (unpaired) electrons. The number of piperidine rings is 1. The van der Waals surface area contributed by atoms with Gasteiger partial charge < -0.3 is 10.2 Å². The molecule has 4 heteroatoms. The molecule has 0 spiro atoms. The van der Waals surface area contributed by atoms with Gasteiger partial charge in [-0.1, -0.05) is 30.3 Å². The quantitative estimate of drug-likeness (QED) is 0.688. The third-order valence-electron chi connectivity index (χ3n) is 5.89. The molecule has 0 aromatic heterocycles. The van der Waals surface area contributed by atoms with Crippen LogP contribution in [0.3, 0.4) is 0 Å². The molecule has 3 nitrogen and oxygen atoms in total. The maximum absolute atomic E-state index is 10.7. The average molecular weight is 449 g/mol. The lowest BCUT2D eigenvalue weighted by molar-refractivity contribution is 0.0289. The maximum atomic E-state index is 10.7. The van der Waals surface area contributed by atoms with Gasteiger partial charge in [0.1, 0.15) is 5.75 Å². The molecule has 2 unspecified atom stereocenters. The number of hydrogen-bond donors (Lipinski definition) is 2. The van der Waals surface area contributed by atoms with Crippen molar-refractivity contribution in [1.29, 1.82) is 0 Å². The van der Waals surface area contributed by atoms with Gasteiger partial charge in [-0.05, 0) is 89.7 Å². The van der Waals surface area contributed by atoms with Crippen LogP contribution in [0.25, 0.3) is 0 Å². The van der Waals surface area contributed by atoms with Crippen molar-refractivity contribution >= 4 is 22.6 Å². The Morgan fingerprint density at radius 2 is 1.64 bits per heavy atom. The molecule has 0 saturated carbocycles. The predicted octanol–water partition coefficient (Wildman–Crippen LogP) is 3.70. The van der Waals surface area contributed by atoms with Crippen molar-refractivity contribution < 1.29 is 10.2 Å². The summed E-state index contributed by atoms with van der Waals surface area (Å²) in [5.74, 6) is 1.01. The zero-order chi connectivity index (χ0) is 17.4. The minimum atomic E-state index is -0.351. The van der Waals surface area contributed by atoms with E-state index in [4.69, 9.17) is 0 Å². The SMILES string of the molecule is Oc1ccc(I)c2c1CC(N1CCC(c3ccccc3)CC1)C(O)C2. The van der Waals surface area contributed by atoms with Gasteiger partial charge in [-0.3, -0.25) is 4.90 Å². The van der Waals surface area contributed by atoms with Gasteiger partial charge in [0.15, 0.2) is 0 Å². The lowest BCUT2D eigenvalue weighted by Crippen LogP contribution is -2.51. The fourth-order valence-corrected chi connectivity index (χ4v) is 5.18. The summed E-state index contributed by atoms with van der Waals surface area (Å²) >= 11 is 2.30. The molecule has 1 fully saturated rings.